The van der Waals surface area contributed by atoms with Gasteiger partial charge in [0.25, 0.3) is 6.17 Å². The van der Waals surface area contributed by atoms with Crippen molar-refractivity contribution < 1.29 is 19.0 Å². The monoisotopic (exact) mass is 473 g/mol. The highest BCUT2D eigenvalue weighted by Crippen LogP contribution is 2.42. The van der Waals surface area contributed by atoms with Crippen molar-refractivity contribution in [2.45, 2.75) is 25.2 Å². The highest BCUT2D eigenvalue weighted by Gasteiger charge is 2.46. The second-order valence-corrected chi connectivity index (χ2v) is 8.65. The predicted octanol–water partition coefficient (Wildman–Crippen LogP) is 3.42. The number of carbonyl (C=O) groups is 1. The Labute approximate surface area is 194 Å². The fraction of sp³-hybridized carbons (Fsp3) is 0.273. The maximum atomic E-state index is 13.2. The van der Waals surface area contributed by atoms with Gasteiger partial charge in [-0.25, -0.2) is 4.90 Å². The van der Waals surface area contributed by atoms with Crippen LogP contribution >= 0.6 is 23.4 Å². The number of anilines is 1. The summed E-state index contributed by atoms with van der Waals surface area (Å²) in [7, 11) is 3.04. The first-order valence-corrected chi connectivity index (χ1v) is 11.3. The highest BCUT2D eigenvalue weighted by atomic mass is 35.5. The third kappa shape index (κ3) is 3.61. The lowest BCUT2D eigenvalue weighted by Crippen LogP contribution is -2.60. The van der Waals surface area contributed by atoms with Crippen molar-refractivity contribution in [3.05, 3.63) is 57.3 Å². The highest BCUT2D eigenvalue weighted by molar-refractivity contribution is 7.99. The molecule has 2 aromatic carbocycles. The van der Waals surface area contributed by atoms with Crippen molar-refractivity contribution in [3.8, 4) is 22.8 Å². The zero-order valence-corrected chi connectivity index (χ0v) is 19.6. The number of fused-ring (bicyclic) bond motifs is 3. The molecule has 0 saturated heterocycles. The normalized spacial score (nSPS) is 14.5. The van der Waals surface area contributed by atoms with Gasteiger partial charge in [-0.2, -0.15) is 0 Å². The summed E-state index contributed by atoms with van der Waals surface area (Å²) in [6.45, 7) is 3.44. The molecule has 1 amide bonds. The Morgan fingerprint density at radius 3 is 2.59 bits per heavy atom. The number of hydrogen-bond acceptors (Lipinski definition) is 6. The molecule has 3 aromatic rings. The SMILES string of the molecule is CCSc1n[n+]2c(c(=O)[nH]1)-c1ccccc1N(C(C)=O)[C@@H]2c1cc(OC)c(OC)cc1Cl. The molecule has 0 unspecified atom stereocenters. The van der Waals surface area contributed by atoms with E-state index in [1.165, 1.54) is 32.9 Å². The molecule has 2 heterocycles. The molecular weight excluding hydrogens is 452 g/mol. The van der Waals surface area contributed by atoms with Crippen LogP contribution in [0.2, 0.25) is 5.02 Å². The number of ether oxygens (including phenoxy) is 2. The number of benzene rings is 2. The summed E-state index contributed by atoms with van der Waals surface area (Å²) in [5, 5.41) is 5.49. The van der Waals surface area contributed by atoms with Gasteiger partial charge in [-0.15, -0.1) is 0 Å². The zero-order chi connectivity index (χ0) is 23.0. The van der Waals surface area contributed by atoms with E-state index in [0.717, 1.165) is 5.75 Å². The summed E-state index contributed by atoms with van der Waals surface area (Å²) in [5.41, 5.74) is 1.80. The van der Waals surface area contributed by atoms with Crippen LogP contribution in [0.25, 0.3) is 11.3 Å². The number of H-pyrrole nitrogens is 1. The number of carbonyl (C=O) groups excluding carboxylic acids is 1. The summed E-state index contributed by atoms with van der Waals surface area (Å²) in [5.74, 6) is 1.40. The minimum atomic E-state index is -0.803. The minimum absolute atomic E-state index is 0.224. The molecule has 1 aliphatic rings. The number of aromatic nitrogens is 3. The smallest absolute Gasteiger partial charge is 0.325 e. The topological polar surface area (TPSA) is 88.4 Å². The largest absolute Gasteiger partial charge is 0.493 e. The number of amides is 1. The Balaban J connectivity index is 2.09. The van der Waals surface area contributed by atoms with Gasteiger partial charge in [0.05, 0.1) is 36.1 Å². The van der Waals surface area contributed by atoms with E-state index in [0.29, 0.717) is 44.2 Å². The van der Waals surface area contributed by atoms with Crippen LogP contribution in [0.5, 0.6) is 11.5 Å². The van der Waals surface area contributed by atoms with Crippen LogP contribution in [-0.2, 0) is 4.79 Å². The summed E-state index contributed by atoms with van der Waals surface area (Å²) in [4.78, 5) is 30.5. The fourth-order valence-corrected chi connectivity index (χ4v) is 4.70. The molecule has 0 bridgehead atoms. The summed E-state index contributed by atoms with van der Waals surface area (Å²) in [6, 6.07) is 10.6. The summed E-state index contributed by atoms with van der Waals surface area (Å²) in [6.07, 6.45) is -0.803. The number of methoxy groups -OCH3 is 2. The molecule has 166 valence electrons. The molecule has 1 aliphatic heterocycles. The average Bonchev–Trinajstić information content (AvgIpc) is 2.77. The van der Waals surface area contributed by atoms with E-state index in [-0.39, 0.29) is 11.5 Å². The van der Waals surface area contributed by atoms with Crippen molar-refractivity contribution in [2.24, 2.45) is 0 Å². The zero-order valence-electron chi connectivity index (χ0n) is 18.0. The third-order valence-electron chi connectivity index (χ3n) is 5.16. The van der Waals surface area contributed by atoms with Gasteiger partial charge in [-0.3, -0.25) is 14.6 Å². The van der Waals surface area contributed by atoms with Gasteiger partial charge in [0.15, 0.2) is 11.5 Å². The van der Waals surface area contributed by atoms with Crippen LogP contribution in [0.1, 0.15) is 25.6 Å². The van der Waals surface area contributed by atoms with Crippen molar-refractivity contribution >= 4 is 35.0 Å². The van der Waals surface area contributed by atoms with Gasteiger partial charge in [0.2, 0.25) is 11.1 Å². The average molecular weight is 474 g/mol. The van der Waals surface area contributed by atoms with E-state index in [4.69, 9.17) is 26.2 Å². The number of para-hydroxylation sites is 1. The molecule has 0 aliphatic carbocycles. The lowest BCUT2D eigenvalue weighted by atomic mass is 10.0. The van der Waals surface area contributed by atoms with Crippen molar-refractivity contribution in [1.82, 2.24) is 10.1 Å². The van der Waals surface area contributed by atoms with Crippen molar-refractivity contribution in [1.29, 1.82) is 0 Å². The van der Waals surface area contributed by atoms with Crippen LogP contribution in [0, 0.1) is 0 Å². The first-order chi connectivity index (χ1) is 15.4. The molecule has 1 aromatic heterocycles. The maximum Gasteiger partial charge on any atom is 0.325 e. The first-order valence-electron chi connectivity index (χ1n) is 9.90. The van der Waals surface area contributed by atoms with Crippen LogP contribution in [0.15, 0.2) is 46.3 Å². The maximum absolute atomic E-state index is 13.2. The number of nitrogens with zero attached hydrogens (tertiary/aromatic N) is 3. The van der Waals surface area contributed by atoms with Gasteiger partial charge >= 0.3 is 11.3 Å². The molecule has 32 heavy (non-hydrogen) atoms. The van der Waals surface area contributed by atoms with Gasteiger partial charge in [-0.1, -0.05) is 42.4 Å². The number of thioether (sulfide) groups is 1. The van der Waals surface area contributed by atoms with E-state index in [9.17, 15) is 9.59 Å². The third-order valence-corrected chi connectivity index (χ3v) is 6.23. The molecule has 10 heteroatoms. The van der Waals surface area contributed by atoms with E-state index in [1.807, 2.05) is 19.1 Å². The van der Waals surface area contributed by atoms with E-state index in [2.05, 4.69) is 4.98 Å². The van der Waals surface area contributed by atoms with Gasteiger partial charge in [0.1, 0.15) is 0 Å². The molecular formula is C22H22ClN4O4S+. The summed E-state index contributed by atoms with van der Waals surface area (Å²) >= 11 is 8.07. The molecule has 0 saturated carbocycles. The molecule has 0 fully saturated rings. The van der Waals surface area contributed by atoms with Crippen LogP contribution in [0.4, 0.5) is 5.69 Å². The quantitative estimate of drug-likeness (QED) is 0.451. The van der Waals surface area contributed by atoms with Crippen LogP contribution < -0.4 is 24.6 Å². The Hall–Kier alpha value is -3.04. The Morgan fingerprint density at radius 1 is 1.25 bits per heavy atom. The van der Waals surface area contributed by atoms with E-state index in [1.54, 1.807) is 33.8 Å². The van der Waals surface area contributed by atoms with Crippen LogP contribution in [0.3, 0.4) is 0 Å². The molecule has 0 radical (unpaired) electrons. The molecule has 8 nitrogen and oxygen atoms in total. The number of halogens is 1. The molecule has 4 rings (SSSR count). The second kappa shape index (κ2) is 8.84. The molecule has 1 atom stereocenters. The lowest BCUT2D eigenvalue weighted by molar-refractivity contribution is -0.763. The Kier molecular flexibility index (Phi) is 6.12. The van der Waals surface area contributed by atoms with E-state index < -0.39 is 6.17 Å². The lowest BCUT2D eigenvalue weighted by Gasteiger charge is -2.31. The summed E-state index contributed by atoms with van der Waals surface area (Å²) < 4.78 is 12.4. The number of hydrogen-bond donors (Lipinski definition) is 1. The number of nitrogens with one attached hydrogen (secondary N) is 1. The van der Waals surface area contributed by atoms with Gasteiger partial charge in [0, 0.05) is 18.1 Å². The minimum Gasteiger partial charge on any atom is -0.493 e. The standard InChI is InChI=1S/C22H21ClN4O4S/c1-5-32-22-24-20(29)19-13-8-6-7-9-16(13)26(12(2)28)21(27(19)25-22)14-10-17(30-3)18(31-4)11-15(14)23/h6-11,21H,5H2,1-4H3/p+1/t21-/m0/s1. The number of rotatable bonds is 5. The van der Waals surface area contributed by atoms with E-state index >= 15 is 0 Å². The Bertz CT molecular complexity index is 1260. The first kappa shape index (κ1) is 22.2. The van der Waals surface area contributed by atoms with Gasteiger partial charge in [-0.05, 0) is 28.6 Å². The molecule has 1 N–H and O–H groups in total. The second-order valence-electron chi connectivity index (χ2n) is 6.99. The van der Waals surface area contributed by atoms with Crippen molar-refractivity contribution in [3.63, 3.8) is 0 Å². The number of aromatic amines is 1. The van der Waals surface area contributed by atoms with Crippen LogP contribution in [-0.4, -0.2) is 36.0 Å². The molecule has 0 spiro atoms. The van der Waals surface area contributed by atoms with Gasteiger partial charge < -0.3 is 9.47 Å². The predicted molar refractivity (Wildman–Crippen MR) is 123 cm³/mol. The fourth-order valence-electron chi connectivity index (χ4n) is 3.86. The Morgan fingerprint density at radius 2 is 1.94 bits per heavy atom. The van der Waals surface area contributed by atoms with Crippen molar-refractivity contribution in [2.75, 3.05) is 24.9 Å².